The molecule has 0 aromatic rings. The topological polar surface area (TPSA) is 25.4 Å². The summed E-state index contributed by atoms with van der Waals surface area (Å²) < 4.78 is 5.75. The first-order chi connectivity index (χ1) is 13.6. The Morgan fingerprint density at radius 2 is 1.34 bits per heavy atom. The fourth-order valence-electron chi connectivity index (χ4n) is 5.45. The van der Waals surface area contributed by atoms with Crippen LogP contribution in [-0.4, -0.2) is 126 Å². The molecule has 0 N–H and O–H groups in total. The van der Waals surface area contributed by atoms with E-state index in [1.807, 2.05) is 0 Å². The van der Waals surface area contributed by atoms with E-state index in [9.17, 15) is 0 Å². The molecule has 0 bridgehead atoms. The Kier molecular flexibility index (Phi) is 7.67. The number of nitrogens with zero attached hydrogens (tertiary/aromatic N) is 5. The van der Waals surface area contributed by atoms with Gasteiger partial charge in [-0.1, -0.05) is 0 Å². The van der Waals surface area contributed by atoms with Crippen LogP contribution in [0, 0.1) is 0 Å². The number of morpholine rings is 1. The van der Waals surface area contributed by atoms with Gasteiger partial charge in [-0.3, -0.25) is 24.5 Å². The molecule has 1 unspecified atom stereocenters. The van der Waals surface area contributed by atoms with E-state index in [2.05, 4.69) is 73.0 Å². The van der Waals surface area contributed by atoms with E-state index in [4.69, 9.17) is 4.74 Å². The molecule has 3 rings (SSSR count). The molecule has 29 heavy (non-hydrogen) atoms. The van der Waals surface area contributed by atoms with Crippen LogP contribution >= 0.6 is 0 Å². The molecule has 0 aliphatic carbocycles. The van der Waals surface area contributed by atoms with Gasteiger partial charge >= 0.3 is 0 Å². The van der Waals surface area contributed by atoms with Gasteiger partial charge < -0.3 is 4.74 Å². The largest absolute Gasteiger partial charge is 0.376 e. The fraction of sp³-hybridized carbons (Fsp3) is 1.00. The fourth-order valence-corrected chi connectivity index (χ4v) is 5.45. The summed E-state index contributed by atoms with van der Waals surface area (Å²) in [6, 6.07) is 0.668. The van der Waals surface area contributed by atoms with Gasteiger partial charge in [0.05, 0.1) is 18.4 Å². The standard InChI is InChI=1S/C23H47N5O/c1-20(2)25-10-14-27(15-11-25)23(6,7)26-12-8-24(9-13-26)19-22(4,5)28-16-17-29-21(3)18-28/h20-21H,8-19H2,1-7H3. The summed E-state index contributed by atoms with van der Waals surface area (Å²) in [6.45, 7) is 30.2. The summed E-state index contributed by atoms with van der Waals surface area (Å²) in [5.74, 6) is 0. The predicted molar refractivity (Wildman–Crippen MR) is 121 cm³/mol. The van der Waals surface area contributed by atoms with Gasteiger partial charge in [0.15, 0.2) is 0 Å². The molecule has 3 saturated heterocycles. The number of rotatable bonds is 6. The Hall–Kier alpha value is -0.240. The minimum Gasteiger partial charge on any atom is -0.376 e. The summed E-state index contributed by atoms with van der Waals surface area (Å²) in [5, 5.41) is 0. The first-order valence-electron chi connectivity index (χ1n) is 11.9. The zero-order valence-electron chi connectivity index (χ0n) is 20.3. The van der Waals surface area contributed by atoms with E-state index in [0.29, 0.717) is 12.1 Å². The molecule has 3 aliphatic heterocycles. The van der Waals surface area contributed by atoms with Crippen molar-refractivity contribution in [2.75, 3.05) is 78.6 Å². The van der Waals surface area contributed by atoms with Crippen molar-refractivity contribution in [2.45, 2.75) is 71.8 Å². The second-order valence-electron chi connectivity index (χ2n) is 10.8. The van der Waals surface area contributed by atoms with Crippen LogP contribution in [0.15, 0.2) is 0 Å². The molecule has 6 heteroatoms. The lowest BCUT2D eigenvalue weighted by atomic mass is 9.99. The summed E-state index contributed by atoms with van der Waals surface area (Å²) in [7, 11) is 0. The van der Waals surface area contributed by atoms with Crippen LogP contribution in [0.2, 0.25) is 0 Å². The van der Waals surface area contributed by atoms with Crippen LogP contribution in [0.3, 0.4) is 0 Å². The first-order valence-corrected chi connectivity index (χ1v) is 11.9. The third kappa shape index (κ3) is 5.72. The molecular weight excluding hydrogens is 362 g/mol. The highest BCUT2D eigenvalue weighted by molar-refractivity contribution is 4.92. The molecule has 0 aromatic heterocycles. The molecular formula is C23H47N5O. The van der Waals surface area contributed by atoms with Gasteiger partial charge in [0.2, 0.25) is 0 Å². The molecule has 6 nitrogen and oxygen atoms in total. The van der Waals surface area contributed by atoms with Gasteiger partial charge in [-0.2, -0.15) is 0 Å². The normalized spacial score (nSPS) is 28.3. The number of ether oxygens (including phenoxy) is 1. The van der Waals surface area contributed by atoms with Crippen molar-refractivity contribution in [3.8, 4) is 0 Å². The van der Waals surface area contributed by atoms with Gasteiger partial charge in [0.25, 0.3) is 0 Å². The SMILES string of the molecule is CC1CN(C(C)(C)CN2CCN(C(C)(C)N3CCN(C(C)C)CC3)CC2)CCO1. The number of piperazine rings is 2. The van der Waals surface area contributed by atoms with Crippen molar-refractivity contribution >= 4 is 0 Å². The molecule has 3 aliphatic rings. The Morgan fingerprint density at radius 3 is 1.86 bits per heavy atom. The van der Waals surface area contributed by atoms with Gasteiger partial charge in [-0.05, 0) is 48.5 Å². The molecule has 3 heterocycles. The van der Waals surface area contributed by atoms with Crippen LogP contribution in [0.4, 0.5) is 0 Å². The Balaban J connectivity index is 1.48. The van der Waals surface area contributed by atoms with Crippen LogP contribution in [0.5, 0.6) is 0 Å². The maximum atomic E-state index is 5.75. The quantitative estimate of drug-likeness (QED) is 0.664. The van der Waals surface area contributed by atoms with Gasteiger partial charge in [-0.25, -0.2) is 0 Å². The average Bonchev–Trinajstić information content (AvgIpc) is 2.68. The summed E-state index contributed by atoms with van der Waals surface area (Å²) in [4.78, 5) is 13.4. The van der Waals surface area contributed by atoms with E-state index < -0.39 is 0 Å². The highest BCUT2D eigenvalue weighted by Crippen LogP contribution is 2.25. The molecule has 170 valence electrons. The number of hydrogen-bond acceptors (Lipinski definition) is 6. The van der Waals surface area contributed by atoms with E-state index in [-0.39, 0.29) is 11.2 Å². The highest BCUT2D eigenvalue weighted by atomic mass is 16.5. The highest BCUT2D eigenvalue weighted by Gasteiger charge is 2.38. The van der Waals surface area contributed by atoms with Crippen LogP contribution in [0.25, 0.3) is 0 Å². The van der Waals surface area contributed by atoms with E-state index in [0.717, 1.165) is 26.2 Å². The van der Waals surface area contributed by atoms with Crippen molar-refractivity contribution in [1.82, 2.24) is 24.5 Å². The smallest absolute Gasteiger partial charge is 0.0681 e. The molecule has 1 atom stereocenters. The lowest BCUT2D eigenvalue weighted by Gasteiger charge is -2.53. The summed E-state index contributed by atoms with van der Waals surface area (Å²) in [5.41, 5.74) is 0.368. The van der Waals surface area contributed by atoms with Crippen molar-refractivity contribution in [3.05, 3.63) is 0 Å². The van der Waals surface area contributed by atoms with Crippen molar-refractivity contribution in [2.24, 2.45) is 0 Å². The van der Waals surface area contributed by atoms with Crippen molar-refractivity contribution < 1.29 is 4.74 Å². The lowest BCUT2D eigenvalue weighted by molar-refractivity contribution is -0.0870. The first kappa shape index (κ1) is 23.4. The second kappa shape index (κ2) is 9.49. The maximum Gasteiger partial charge on any atom is 0.0681 e. The van der Waals surface area contributed by atoms with Crippen molar-refractivity contribution in [1.29, 1.82) is 0 Å². The van der Waals surface area contributed by atoms with E-state index in [1.165, 1.54) is 52.4 Å². The zero-order chi connectivity index (χ0) is 21.2. The van der Waals surface area contributed by atoms with Crippen LogP contribution in [0.1, 0.15) is 48.5 Å². The van der Waals surface area contributed by atoms with Gasteiger partial charge in [0, 0.05) is 83.6 Å². The Morgan fingerprint density at radius 1 is 0.793 bits per heavy atom. The molecule has 0 radical (unpaired) electrons. The lowest BCUT2D eigenvalue weighted by Crippen LogP contribution is -2.66. The van der Waals surface area contributed by atoms with E-state index >= 15 is 0 Å². The van der Waals surface area contributed by atoms with E-state index in [1.54, 1.807) is 0 Å². The minimum absolute atomic E-state index is 0.157. The third-order valence-corrected chi connectivity index (χ3v) is 7.67. The zero-order valence-corrected chi connectivity index (χ0v) is 20.3. The molecule has 0 saturated carbocycles. The summed E-state index contributed by atoms with van der Waals surface area (Å²) in [6.07, 6.45) is 0.358. The minimum atomic E-state index is 0.157. The van der Waals surface area contributed by atoms with Crippen molar-refractivity contribution in [3.63, 3.8) is 0 Å². The molecule has 0 aromatic carbocycles. The molecule has 0 amide bonds. The molecule has 0 spiro atoms. The third-order valence-electron chi connectivity index (χ3n) is 7.67. The van der Waals surface area contributed by atoms with Crippen LogP contribution in [-0.2, 0) is 4.74 Å². The number of hydrogen-bond donors (Lipinski definition) is 0. The summed E-state index contributed by atoms with van der Waals surface area (Å²) >= 11 is 0. The predicted octanol–water partition coefficient (Wildman–Crippen LogP) is 1.87. The van der Waals surface area contributed by atoms with Gasteiger partial charge in [-0.15, -0.1) is 0 Å². The monoisotopic (exact) mass is 409 g/mol. The molecule has 3 fully saturated rings. The van der Waals surface area contributed by atoms with Crippen LogP contribution < -0.4 is 0 Å². The maximum absolute atomic E-state index is 5.75. The Bertz CT molecular complexity index is 507. The second-order valence-corrected chi connectivity index (χ2v) is 10.8. The van der Waals surface area contributed by atoms with Gasteiger partial charge in [0.1, 0.15) is 0 Å². The Labute approximate surface area is 180 Å². The average molecular weight is 410 g/mol.